The SMILES string of the molecule is COc1ccc(B2OC(C)(C)C(C)(C)O2)cc1P(=O)(OC)OC. The average Bonchev–Trinajstić information content (AvgIpc) is 2.74. The second-order valence-corrected chi connectivity index (χ2v) is 8.59. The van der Waals surface area contributed by atoms with Gasteiger partial charge in [0, 0.05) is 14.2 Å². The first-order chi connectivity index (χ1) is 10.6. The first-order valence-electron chi connectivity index (χ1n) is 7.36. The van der Waals surface area contributed by atoms with Crippen LogP contribution in [0.5, 0.6) is 5.75 Å². The number of hydrogen-bond donors (Lipinski definition) is 0. The number of ether oxygens (including phenoxy) is 1. The molecule has 1 aromatic carbocycles. The third-order valence-corrected chi connectivity index (χ3v) is 6.41. The molecule has 0 radical (unpaired) electrons. The fraction of sp³-hybridized carbons (Fsp3) is 0.600. The molecule has 1 aromatic rings. The van der Waals surface area contributed by atoms with Gasteiger partial charge in [0.05, 0.1) is 18.3 Å². The van der Waals surface area contributed by atoms with Gasteiger partial charge in [0.25, 0.3) is 0 Å². The van der Waals surface area contributed by atoms with Crippen LogP contribution < -0.4 is 15.5 Å². The Hall–Kier alpha value is -0.845. The fourth-order valence-corrected chi connectivity index (χ4v) is 3.60. The molecule has 0 atom stereocenters. The molecular formula is C15H24BO6P. The van der Waals surface area contributed by atoms with Crippen LogP contribution in [0.15, 0.2) is 18.2 Å². The lowest BCUT2D eigenvalue weighted by Gasteiger charge is -2.32. The van der Waals surface area contributed by atoms with Crippen molar-refractivity contribution in [2.45, 2.75) is 38.9 Å². The van der Waals surface area contributed by atoms with E-state index in [2.05, 4.69) is 0 Å². The minimum absolute atomic E-state index is 0.345. The van der Waals surface area contributed by atoms with Gasteiger partial charge in [-0.05, 0) is 45.3 Å². The van der Waals surface area contributed by atoms with Crippen molar-refractivity contribution in [2.24, 2.45) is 0 Å². The first-order valence-corrected chi connectivity index (χ1v) is 8.90. The van der Waals surface area contributed by atoms with Crippen molar-refractivity contribution in [1.29, 1.82) is 0 Å². The Kier molecular flexibility index (Phi) is 5.01. The minimum atomic E-state index is -3.46. The van der Waals surface area contributed by atoms with Gasteiger partial charge in [0.1, 0.15) is 11.1 Å². The van der Waals surface area contributed by atoms with E-state index in [1.165, 1.54) is 21.3 Å². The molecule has 1 aliphatic heterocycles. The highest BCUT2D eigenvalue weighted by atomic mass is 31.2. The van der Waals surface area contributed by atoms with Crippen LogP contribution in [-0.4, -0.2) is 39.6 Å². The lowest BCUT2D eigenvalue weighted by atomic mass is 9.79. The maximum absolute atomic E-state index is 12.7. The van der Waals surface area contributed by atoms with E-state index < -0.39 is 25.9 Å². The second kappa shape index (κ2) is 6.23. The lowest BCUT2D eigenvalue weighted by Crippen LogP contribution is -2.41. The van der Waals surface area contributed by atoms with Crippen molar-refractivity contribution in [2.75, 3.05) is 21.3 Å². The van der Waals surface area contributed by atoms with E-state index in [1.54, 1.807) is 12.1 Å². The van der Waals surface area contributed by atoms with Crippen LogP contribution in [0.2, 0.25) is 0 Å². The highest BCUT2D eigenvalue weighted by Gasteiger charge is 2.52. The molecule has 0 amide bonds. The van der Waals surface area contributed by atoms with Gasteiger partial charge in [-0.15, -0.1) is 0 Å². The van der Waals surface area contributed by atoms with E-state index in [1.807, 2.05) is 33.8 Å². The monoisotopic (exact) mass is 342 g/mol. The summed E-state index contributed by atoms with van der Waals surface area (Å²) < 4.78 is 40.3. The maximum atomic E-state index is 12.7. The average molecular weight is 342 g/mol. The van der Waals surface area contributed by atoms with E-state index in [-0.39, 0.29) is 0 Å². The van der Waals surface area contributed by atoms with Crippen LogP contribution >= 0.6 is 7.60 Å². The summed E-state index contributed by atoms with van der Waals surface area (Å²) in [7, 11) is 0.161. The zero-order valence-corrected chi connectivity index (χ0v) is 15.6. The molecule has 1 saturated heterocycles. The van der Waals surface area contributed by atoms with Crippen molar-refractivity contribution < 1.29 is 27.7 Å². The van der Waals surface area contributed by atoms with Crippen LogP contribution in [-0.2, 0) is 22.9 Å². The smallest absolute Gasteiger partial charge is 0.494 e. The number of methoxy groups -OCH3 is 1. The van der Waals surface area contributed by atoms with Crippen LogP contribution in [0, 0.1) is 0 Å². The van der Waals surface area contributed by atoms with Gasteiger partial charge < -0.3 is 23.1 Å². The molecule has 1 heterocycles. The summed E-state index contributed by atoms with van der Waals surface area (Å²) >= 11 is 0. The van der Waals surface area contributed by atoms with Crippen LogP contribution in [0.3, 0.4) is 0 Å². The molecule has 6 nitrogen and oxygen atoms in total. The highest BCUT2D eigenvalue weighted by Crippen LogP contribution is 2.47. The summed E-state index contributed by atoms with van der Waals surface area (Å²) in [6, 6.07) is 5.22. The van der Waals surface area contributed by atoms with Crippen LogP contribution in [0.4, 0.5) is 0 Å². The summed E-state index contributed by atoms with van der Waals surface area (Å²) in [5, 5.41) is 0.345. The lowest BCUT2D eigenvalue weighted by molar-refractivity contribution is 0.00578. The Bertz CT molecular complexity index is 606. The molecule has 0 aromatic heterocycles. The van der Waals surface area contributed by atoms with Gasteiger partial charge >= 0.3 is 14.7 Å². The summed E-state index contributed by atoms with van der Waals surface area (Å²) in [5.74, 6) is 0.428. The van der Waals surface area contributed by atoms with E-state index >= 15 is 0 Å². The van der Waals surface area contributed by atoms with Gasteiger partial charge in [0.2, 0.25) is 0 Å². The summed E-state index contributed by atoms with van der Waals surface area (Å²) in [5.41, 5.74) is -0.178. The highest BCUT2D eigenvalue weighted by molar-refractivity contribution is 7.62. The van der Waals surface area contributed by atoms with Crippen molar-refractivity contribution in [3.8, 4) is 5.75 Å². The van der Waals surface area contributed by atoms with Gasteiger partial charge in [-0.3, -0.25) is 4.57 Å². The molecule has 0 bridgehead atoms. The molecule has 0 N–H and O–H groups in total. The van der Waals surface area contributed by atoms with E-state index in [4.69, 9.17) is 23.1 Å². The van der Waals surface area contributed by atoms with Crippen molar-refractivity contribution in [3.63, 3.8) is 0 Å². The minimum Gasteiger partial charge on any atom is -0.496 e. The van der Waals surface area contributed by atoms with Crippen LogP contribution in [0.25, 0.3) is 0 Å². The Labute approximate surface area is 138 Å². The molecule has 0 aliphatic carbocycles. The molecule has 8 heteroatoms. The molecule has 0 unspecified atom stereocenters. The van der Waals surface area contributed by atoms with E-state index in [0.717, 1.165) is 5.46 Å². The molecule has 128 valence electrons. The van der Waals surface area contributed by atoms with Crippen molar-refractivity contribution in [1.82, 2.24) is 0 Å². The summed E-state index contributed by atoms with van der Waals surface area (Å²) in [6.07, 6.45) is 0. The summed E-state index contributed by atoms with van der Waals surface area (Å²) in [4.78, 5) is 0. The Morgan fingerprint density at radius 2 is 1.52 bits per heavy atom. The van der Waals surface area contributed by atoms with Gasteiger partial charge in [-0.25, -0.2) is 0 Å². The van der Waals surface area contributed by atoms with Gasteiger partial charge in [0.15, 0.2) is 0 Å². The Morgan fingerprint density at radius 3 is 1.96 bits per heavy atom. The molecule has 23 heavy (non-hydrogen) atoms. The normalized spacial score (nSPS) is 19.9. The first kappa shape index (κ1) is 18.5. The topological polar surface area (TPSA) is 63.2 Å². The third kappa shape index (κ3) is 3.21. The van der Waals surface area contributed by atoms with Gasteiger partial charge in [-0.2, -0.15) is 0 Å². The Balaban J connectivity index is 2.46. The van der Waals surface area contributed by atoms with E-state index in [0.29, 0.717) is 11.1 Å². The molecular weight excluding hydrogens is 318 g/mol. The standard InChI is InChI=1S/C15H24BO6P/c1-14(2)15(3,4)22-16(21-14)11-8-9-12(18-5)13(10-11)23(17,19-6)20-7/h8-10H,1-7H3. The van der Waals surface area contributed by atoms with Crippen molar-refractivity contribution in [3.05, 3.63) is 18.2 Å². The quantitative estimate of drug-likeness (QED) is 0.603. The zero-order chi connectivity index (χ0) is 17.5. The molecule has 2 rings (SSSR count). The maximum Gasteiger partial charge on any atom is 0.494 e. The molecule has 0 saturated carbocycles. The largest absolute Gasteiger partial charge is 0.496 e. The predicted molar refractivity (Wildman–Crippen MR) is 90.0 cm³/mol. The number of hydrogen-bond acceptors (Lipinski definition) is 6. The van der Waals surface area contributed by atoms with Crippen LogP contribution in [0.1, 0.15) is 27.7 Å². The number of benzene rings is 1. The predicted octanol–water partition coefficient (Wildman–Crippen LogP) is 2.11. The fourth-order valence-electron chi connectivity index (χ4n) is 2.32. The number of rotatable bonds is 5. The second-order valence-electron chi connectivity index (χ2n) is 6.38. The molecule has 0 spiro atoms. The molecule has 1 aliphatic rings. The van der Waals surface area contributed by atoms with Crippen molar-refractivity contribution >= 4 is 25.5 Å². The molecule has 1 fully saturated rings. The zero-order valence-electron chi connectivity index (χ0n) is 14.7. The van der Waals surface area contributed by atoms with Gasteiger partial charge in [-0.1, -0.05) is 6.07 Å². The van der Waals surface area contributed by atoms with E-state index in [9.17, 15) is 4.57 Å². The third-order valence-electron chi connectivity index (χ3n) is 4.50. The Morgan fingerprint density at radius 1 is 1.00 bits per heavy atom. The summed E-state index contributed by atoms with van der Waals surface area (Å²) in [6.45, 7) is 7.92.